The molecule has 0 atom stereocenters. The van der Waals surface area contributed by atoms with Crippen LogP contribution in [0.15, 0.2) is 41.5 Å². The van der Waals surface area contributed by atoms with E-state index in [1.165, 1.54) is 12.5 Å². The molecule has 4 rings (SSSR count). The summed E-state index contributed by atoms with van der Waals surface area (Å²) < 4.78 is 6.83. The third-order valence-electron chi connectivity index (χ3n) is 4.40. The fraction of sp³-hybridized carbons (Fsp3) is 0.353. The number of piperidine rings is 1. The van der Waals surface area contributed by atoms with Gasteiger partial charge in [-0.1, -0.05) is 0 Å². The third kappa shape index (κ3) is 2.73. The van der Waals surface area contributed by atoms with Crippen LogP contribution in [0.5, 0.6) is 0 Å². The molecule has 0 aliphatic carbocycles. The molecule has 0 saturated carbocycles. The van der Waals surface area contributed by atoms with Crippen LogP contribution in [0.3, 0.4) is 0 Å². The van der Waals surface area contributed by atoms with Crippen LogP contribution in [-0.2, 0) is 0 Å². The molecule has 0 spiro atoms. The van der Waals surface area contributed by atoms with E-state index in [4.69, 9.17) is 4.42 Å². The Bertz CT molecular complexity index is 847. The molecule has 7 heteroatoms. The second-order valence-corrected chi connectivity index (χ2v) is 6.11. The van der Waals surface area contributed by atoms with Gasteiger partial charge in [-0.25, -0.2) is 9.50 Å². The minimum Gasteiger partial charge on any atom is -0.472 e. The highest BCUT2D eigenvalue weighted by molar-refractivity contribution is 5.93. The Morgan fingerprint density at radius 1 is 1.38 bits per heavy atom. The van der Waals surface area contributed by atoms with E-state index in [0.717, 1.165) is 43.0 Å². The lowest BCUT2D eigenvalue weighted by Crippen LogP contribution is -2.42. The zero-order valence-electron chi connectivity index (χ0n) is 13.5. The summed E-state index contributed by atoms with van der Waals surface area (Å²) in [6, 6.07) is 4.03. The van der Waals surface area contributed by atoms with Gasteiger partial charge in [-0.05, 0) is 31.9 Å². The molecule has 0 aromatic carbocycles. The molecule has 3 aromatic heterocycles. The highest BCUT2D eigenvalue weighted by Gasteiger charge is 2.24. The molecule has 124 valence electrons. The van der Waals surface area contributed by atoms with E-state index in [1.807, 2.05) is 28.6 Å². The molecular formula is C17H19N5O2. The van der Waals surface area contributed by atoms with Gasteiger partial charge in [0, 0.05) is 31.5 Å². The van der Waals surface area contributed by atoms with Crippen molar-refractivity contribution in [3.8, 4) is 0 Å². The number of rotatable bonds is 3. The molecule has 3 aromatic rings. The van der Waals surface area contributed by atoms with Crippen molar-refractivity contribution in [1.82, 2.24) is 19.5 Å². The number of carbonyl (C=O) groups excluding carboxylic acids is 1. The summed E-state index contributed by atoms with van der Waals surface area (Å²) in [7, 11) is 0. The first-order valence-corrected chi connectivity index (χ1v) is 8.10. The Kier molecular flexibility index (Phi) is 3.68. The maximum absolute atomic E-state index is 12.3. The van der Waals surface area contributed by atoms with Crippen LogP contribution >= 0.6 is 0 Å². The number of aryl methyl sites for hydroxylation is 1. The zero-order valence-corrected chi connectivity index (χ0v) is 13.5. The summed E-state index contributed by atoms with van der Waals surface area (Å²) in [5.74, 6) is 0.881. The average Bonchev–Trinajstić information content (AvgIpc) is 3.24. The maximum Gasteiger partial charge on any atom is 0.257 e. The van der Waals surface area contributed by atoms with E-state index in [-0.39, 0.29) is 5.91 Å². The first-order valence-electron chi connectivity index (χ1n) is 8.10. The van der Waals surface area contributed by atoms with E-state index < -0.39 is 0 Å². The van der Waals surface area contributed by atoms with Gasteiger partial charge in [-0.2, -0.15) is 5.10 Å². The number of amides is 1. The first kappa shape index (κ1) is 14.7. The Morgan fingerprint density at radius 2 is 2.21 bits per heavy atom. The minimum absolute atomic E-state index is 0.0360. The molecule has 1 N–H and O–H groups in total. The summed E-state index contributed by atoms with van der Waals surface area (Å²) in [6.07, 6.45) is 8.40. The van der Waals surface area contributed by atoms with Crippen molar-refractivity contribution >= 4 is 17.2 Å². The molecule has 1 saturated heterocycles. The van der Waals surface area contributed by atoms with Crippen molar-refractivity contribution in [3.05, 3.63) is 48.3 Å². The Balaban J connectivity index is 1.42. The van der Waals surface area contributed by atoms with Crippen molar-refractivity contribution in [2.75, 3.05) is 18.4 Å². The van der Waals surface area contributed by atoms with Gasteiger partial charge >= 0.3 is 0 Å². The standard InChI is InChI=1S/C17H19N5O2/c1-12-10-15-16(18-5-8-22(15)20-12)19-14-2-6-21(7-3-14)17(23)13-4-9-24-11-13/h4-5,8-11,14H,2-3,6-7H2,1H3,(H,18,19). The number of hydrogen-bond acceptors (Lipinski definition) is 5. The highest BCUT2D eigenvalue weighted by Crippen LogP contribution is 2.20. The zero-order chi connectivity index (χ0) is 16.5. The molecular weight excluding hydrogens is 306 g/mol. The SMILES string of the molecule is Cc1cc2c(NC3CCN(C(=O)c4ccoc4)CC3)nccn2n1. The van der Waals surface area contributed by atoms with E-state index in [0.29, 0.717) is 11.6 Å². The summed E-state index contributed by atoms with van der Waals surface area (Å²) >= 11 is 0. The van der Waals surface area contributed by atoms with Gasteiger partial charge in [0.25, 0.3) is 5.91 Å². The molecule has 1 fully saturated rings. The van der Waals surface area contributed by atoms with E-state index >= 15 is 0 Å². The lowest BCUT2D eigenvalue weighted by Gasteiger charge is -2.32. The molecule has 7 nitrogen and oxygen atoms in total. The largest absolute Gasteiger partial charge is 0.472 e. The fourth-order valence-corrected chi connectivity index (χ4v) is 3.14. The Hall–Kier alpha value is -2.83. The van der Waals surface area contributed by atoms with Gasteiger partial charge < -0.3 is 14.6 Å². The fourth-order valence-electron chi connectivity index (χ4n) is 3.14. The lowest BCUT2D eigenvalue weighted by molar-refractivity contribution is 0.0717. The third-order valence-corrected chi connectivity index (χ3v) is 4.40. The predicted molar refractivity (Wildman–Crippen MR) is 89.0 cm³/mol. The van der Waals surface area contributed by atoms with Gasteiger partial charge in [-0.15, -0.1) is 0 Å². The first-order chi connectivity index (χ1) is 11.7. The number of likely N-dealkylation sites (tertiary alicyclic amines) is 1. The Labute approximate surface area is 139 Å². The highest BCUT2D eigenvalue weighted by atomic mass is 16.3. The summed E-state index contributed by atoms with van der Waals surface area (Å²) in [5.41, 5.74) is 2.56. The van der Waals surface area contributed by atoms with Crippen LogP contribution in [0.1, 0.15) is 28.9 Å². The molecule has 0 radical (unpaired) electrons. The molecule has 24 heavy (non-hydrogen) atoms. The monoisotopic (exact) mass is 325 g/mol. The minimum atomic E-state index is 0.0360. The molecule has 0 unspecified atom stereocenters. The van der Waals surface area contributed by atoms with Gasteiger partial charge in [0.1, 0.15) is 11.8 Å². The normalized spacial score (nSPS) is 15.8. The number of nitrogens with one attached hydrogen (secondary N) is 1. The number of anilines is 1. The van der Waals surface area contributed by atoms with Crippen molar-refractivity contribution < 1.29 is 9.21 Å². The van der Waals surface area contributed by atoms with Crippen molar-refractivity contribution in [3.63, 3.8) is 0 Å². The van der Waals surface area contributed by atoms with Crippen LogP contribution < -0.4 is 5.32 Å². The van der Waals surface area contributed by atoms with Gasteiger partial charge in [-0.3, -0.25) is 4.79 Å². The molecule has 4 heterocycles. The van der Waals surface area contributed by atoms with Crippen LogP contribution in [0.4, 0.5) is 5.82 Å². The summed E-state index contributed by atoms with van der Waals surface area (Å²) in [5, 5.41) is 7.91. The summed E-state index contributed by atoms with van der Waals surface area (Å²) in [6.45, 7) is 3.42. The molecule has 1 aliphatic rings. The topological polar surface area (TPSA) is 75.7 Å². The Morgan fingerprint density at radius 3 is 2.96 bits per heavy atom. The molecule has 0 bridgehead atoms. The molecule has 1 aliphatic heterocycles. The van der Waals surface area contributed by atoms with Crippen LogP contribution in [-0.4, -0.2) is 44.5 Å². The van der Waals surface area contributed by atoms with Gasteiger partial charge in [0.2, 0.25) is 0 Å². The van der Waals surface area contributed by atoms with E-state index in [2.05, 4.69) is 15.4 Å². The summed E-state index contributed by atoms with van der Waals surface area (Å²) in [4.78, 5) is 18.6. The lowest BCUT2D eigenvalue weighted by atomic mass is 10.0. The van der Waals surface area contributed by atoms with Crippen molar-refractivity contribution in [2.45, 2.75) is 25.8 Å². The second-order valence-electron chi connectivity index (χ2n) is 6.11. The van der Waals surface area contributed by atoms with E-state index in [1.54, 1.807) is 12.3 Å². The van der Waals surface area contributed by atoms with Crippen molar-refractivity contribution in [2.24, 2.45) is 0 Å². The van der Waals surface area contributed by atoms with Crippen molar-refractivity contribution in [1.29, 1.82) is 0 Å². The van der Waals surface area contributed by atoms with Crippen LogP contribution in [0, 0.1) is 6.92 Å². The van der Waals surface area contributed by atoms with E-state index in [9.17, 15) is 4.79 Å². The van der Waals surface area contributed by atoms with Crippen LogP contribution in [0.2, 0.25) is 0 Å². The van der Waals surface area contributed by atoms with Gasteiger partial charge in [0.15, 0.2) is 5.82 Å². The number of furan rings is 1. The number of aromatic nitrogens is 3. The molecule has 1 amide bonds. The number of carbonyl (C=O) groups is 1. The number of nitrogens with zero attached hydrogens (tertiary/aromatic N) is 4. The quantitative estimate of drug-likeness (QED) is 0.800. The number of fused-ring (bicyclic) bond motifs is 1. The smallest absolute Gasteiger partial charge is 0.257 e. The number of hydrogen-bond donors (Lipinski definition) is 1. The second kappa shape index (κ2) is 5.99. The predicted octanol–water partition coefficient (Wildman–Crippen LogP) is 2.35. The average molecular weight is 325 g/mol. The van der Waals surface area contributed by atoms with Crippen LogP contribution in [0.25, 0.3) is 5.52 Å². The van der Waals surface area contributed by atoms with Gasteiger partial charge in [0.05, 0.1) is 17.5 Å². The maximum atomic E-state index is 12.3.